The number of imide groups is 1. The van der Waals surface area contributed by atoms with Gasteiger partial charge in [0.25, 0.3) is 0 Å². The maximum absolute atomic E-state index is 13.7. The molecule has 3 aromatic carbocycles. The summed E-state index contributed by atoms with van der Waals surface area (Å²) in [7, 11) is -1.02. The lowest BCUT2D eigenvalue weighted by Gasteiger charge is -2.43. The number of anilines is 5. The Balaban J connectivity index is 0.809. The van der Waals surface area contributed by atoms with Gasteiger partial charge in [-0.3, -0.25) is 24.8 Å². The summed E-state index contributed by atoms with van der Waals surface area (Å²) in [5.74, 6) is 1.27. The van der Waals surface area contributed by atoms with E-state index in [0.29, 0.717) is 40.8 Å². The molecule has 0 spiro atoms. The van der Waals surface area contributed by atoms with Crippen LogP contribution < -0.4 is 30.9 Å². The van der Waals surface area contributed by atoms with Crippen molar-refractivity contribution in [2.24, 2.45) is 0 Å². The average molecular weight is 976 g/mol. The van der Waals surface area contributed by atoms with Crippen LogP contribution in [0.3, 0.4) is 0 Å². The third kappa shape index (κ3) is 9.58. The van der Waals surface area contributed by atoms with Crippen molar-refractivity contribution in [3.63, 3.8) is 0 Å². The first-order valence-electron chi connectivity index (χ1n) is 23.1. The molecule has 3 N–H and O–H groups in total. The van der Waals surface area contributed by atoms with E-state index in [9.17, 15) is 14.2 Å². The van der Waals surface area contributed by atoms with Crippen molar-refractivity contribution in [3.8, 4) is 5.75 Å². The van der Waals surface area contributed by atoms with E-state index in [2.05, 4.69) is 111 Å². The van der Waals surface area contributed by atoms with Crippen molar-refractivity contribution in [2.45, 2.75) is 71.4 Å². The zero-order chi connectivity index (χ0) is 46.3. The summed E-state index contributed by atoms with van der Waals surface area (Å²) < 4.78 is 22.4. The Morgan fingerprint density at radius 1 is 0.894 bits per heavy atom. The molecular formula is C50H60BrN10O4P. The second-order valence-electron chi connectivity index (χ2n) is 18.4. The number of hydrogen-bond acceptors (Lipinski definition) is 12. The van der Waals surface area contributed by atoms with Crippen molar-refractivity contribution in [1.29, 1.82) is 0 Å². The molecule has 14 nitrogen and oxygen atoms in total. The molecule has 346 valence electrons. The summed E-state index contributed by atoms with van der Waals surface area (Å²) in [6.45, 7) is 17.0. The van der Waals surface area contributed by atoms with E-state index in [0.717, 1.165) is 121 Å². The first-order chi connectivity index (χ1) is 31.8. The van der Waals surface area contributed by atoms with Gasteiger partial charge in [-0.05, 0) is 122 Å². The first kappa shape index (κ1) is 45.8. The lowest BCUT2D eigenvalue weighted by atomic mass is 9.99. The van der Waals surface area contributed by atoms with E-state index < -0.39 is 7.14 Å². The normalized spacial score (nSPS) is 18.0. The van der Waals surface area contributed by atoms with Crippen LogP contribution in [0.4, 0.5) is 28.8 Å². The number of piperazine rings is 1. The van der Waals surface area contributed by atoms with E-state index >= 15 is 0 Å². The maximum atomic E-state index is 13.7. The van der Waals surface area contributed by atoms with Crippen LogP contribution in [0, 0.1) is 13.8 Å². The third-order valence-electron chi connectivity index (χ3n) is 13.6. The minimum absolute atomic E-state index is 0.188. The number of nitrogens with one attached hydrogen (secondary N) is 3. The van der Waals surface area contributed by atoms with Crippen molar-refractivity contribution < 1.29 is 18.9 Å². The van der Waals surface area contributed by atoms with Gasteiger partial charge in [0.05, 0.1) is 28.5 Å². The summed E-state index contributed by atoms with van der Waals surface area (Å²) in [5.41, 5.74) is 9.13. The molecule has 16 heteroatoms. The Labute approximate surface area is 395 Å². The quantitative estimate of drug-likeness (QED) is 0.0753. The van der Waals surface area contributed by atoms with Gasteiger partial charge in [0, 0.05) is 110 Å². The molecule has 0 aliphatic carbocycles. The topological polar surface area (TPSA) is 150 Å². The number of amides is 2. The fourth-order valence-electron chi connectivity index (χ4n) is 10.1. The number of aryl methyl sites for hydroxylation is 3. The summed E-state index contributed by atoms with van der Waals surface area (Å²) in [6.07, 6.45) is 8.70. The summed E-state index contributed by atoms with van der Waals surface area (Å²) in [4.78, 5) is 46.5. The monoisotopic (exact) mass is 974 g/mol. The van der Waals surface area contributed by atoms with Gasteiger partial charge in [-0.15, -0.1) is 0 Å². The summed E-state index contributed by atoms with van der Waals surface area (Å²) in [5, 5.41) is 12.2. The van der Waals surface area contributed by atoms with Crippen LogP contribution in [0.1, 0.15) is 61.0 Å². The van der Waals surface area contributed by atoms with Crippen molar-refractivity contribution in [3.05, 3.63) is 93.8 Å². The molecule has 3 aliphatic heterocycles. The average Bonchev–Trinajstić information content (AvgIpc) is 3.63. The molecule has 3 saturated heterocycles. The van der Waals surface area contributed by atoms with Crippen LogP contribution in [0.15, 0.2) is 71.5 Å². The molecule has 9 rings (SSSR count). The molecule has 3 fully saturated rings. The molecule has 0 saturated carbocycles. The number of piperidine rings is 2. The van der Waals surface area contributed by atoms with Gasteiger partial charge in [-0.25, -0.2) is 4.98 Å². The van der Waals surface area contributed by atoms with Crippen LogP contribution in [0.5, 0.6) is 5.75 Å². The Morgan fingerprint density at radius 3 is 2.39 bits per heavy atom. The van der Waals surface area contributed by atoms with Crippen molar-refractivity contribution in [2.75, 3.05) is 81.8 Å². The van der Waals surface area contributed by atoms with Crippen LogP contribution in [-0.4, -0.2) is 113 Å². The number of rotatable bonds is 13. The molecule has 0 bridgehead atoms. The number of carbonyl (C=O) groups excluding carboxylic acids is 2. The van der Waals surface area contributed by atoms with Gasteiger partial charge in [-0.2, -0.15) is 4.98 Å². The fraction of sp³-hybridized carbons (Fsp3) is 0.420. The zero-order valence-electron chi connectivity index (χ0n) is 38.8. The molecule has 1 atom stereocenters. The highest BCUT2D eigenvalue weighted by atomic mass is 79.9. The number of halogens is 1. The predicted octanol–water partition coefficient (Wildman–Crippen LogP) is 8.47. The van der Waals surface area contributed by atoms with Crippen LogP contribution in [0.2, 0.25) is 0 Å². The van der Waals surface area contributed by atoms with Gasteiger partial charge >= 0.3 is 0 Å². The Kier molecular flexibility index (Phi) is 13.3. The molecule has 1 unspecified atom stereocenters. The number of carbonyl (C=O) groups is 2. The van der Waals surface area contributed by atoms with Gasteiger partial charge in [0.15, 0.2) is 0 Å². The predicted molar refractivity (Wildman–Crippen MR) is 269 cm³/mol. The highest BCUT2D eigenvalue weighted by Crippen LogP contribution is 2.42. The molecule has 3 aliphatic rings. The molecule has 2 amide bonds. The number of nitrogens with zero attached hydrogens (tertiary/aromatic N) is 7. The molecule has 0 radical (unpaired) electrons. The second-order valence-corrected chi connectivity index (χ2v) is 22.4. The fourth-order valence-corrected chi connectivity index (χ4v) is 11.9. The SMILES string of the molecule is CCc1cc(Nc2ncc(Br)c(Nc3ccc4nc(C)ccc4c3P(C)(C)=O)n2)c(OC)cc1N1CCC(N2CCN(CCc3ccc4c(C)cn(C5CCC(=O)NC5=O)c4c3)CC2)CC1. The highest BCUT2D eigenvalue weighted by molar-refractivity contribution is 9.10. The van der Waals surface area contributed by atoms with E-state index in [4.69, 9.17) is 9.72 Å². The second kappa shape index (κ2) is 19.1. The van der Waals surface area contributed by atoms with Crippen molar-refractivity contribution in [1.82, 2.24) is 34.6 Å². The molecular weight excluding hydrogens is 915 g/mol. The van der Waals surface area contributed by atoms with E-state index in [1.54, 1.807) is 26.6 Å². The molecule has 66 heavy (non-hydrogen) atoms. The number of aromatic nitrogens is 4. The minimum atomic E-state index is -2.72. The lowest BCUT2D eigenvalue weighted by molar-refractivity contribution is -0.135. The van der Waals surface area contributed by atoms with Crippen molar-refractivity contribution >= 4 is 90.8 Å². The number of fused-ring (bicyclic) bond motifs is 2. The number of pyridine rings is 1. The van der Waals surface area contributed by atoms with Gasteiger partial charge in [0.2, 0.25) is 17.8 Å². The standard InChI is InChI=1S/C50H60BrN10O4P/c1-7-34-27-41(55-50-52-29-38(51)48(57-50)54-40-13-12-39-37(10-8-32(3)53-39)47(40)66(5,6)64)45(65-4)28-43(34)60-20-17-35(18-21-60)59-24-22-58(23-25-59)19-16-33-9-11-36-31(2)30-61(44(36)26-33)42-14-15-46(62)56-49(42)63/h8-13,26-30,35,42H,7,14-25H2,1-6H3,(H,56,62,63)(H2,52,54,55,57). The third-order valence-corrected chi connectivity index (χ3v) is 15.8. The largest absolute Gasteiger partial charge is 0.494 e. The van der Waals surface area contributed by atoms with Gasteiger partial charge in [-0.1, -0.05) is 25.1 Å². The van der Waals surface area contributed by atoms with Crippen LogP contribution in [0.25, 0.3) is 21.8 Å². The summed E-state index contributed by atoms with van der Waals surface area (Å²) >= 11 is 3.63. The highest BCUT2D eigenvalue weighted by Gasteiger charge is 2.31. The van der Waals surface area contributed by atoms with Crippen LogP contribution in [-0.2, 0) is 27.0 Å². The van der Waals surface area contributed by atoms with E-state index in [-0.39, 0.29) is 17.9 Å². The maximum Gasteiger partial charge on any atom is 0.249 e. The van der Waals surface area contributed by atoms with Gasteiger partial charge in [0.1, 0.15) is 24.8 Å². The summed E-state index contributed by atoms with van der Waals surface area (Å²) in [6, 6.07) is 19.0. The first-order valence-corrected chi connectivity index (χ1v) is 26.5. The van der Waals surface area contributed by atoms with E-state index in [1.807, 2.05) is 31.2 Å². The Morgan fingerprint density at radius 2 is 1.67 bits per heavy atom. The number of hydrogen-bond donors (Lipinski definition) is 3. The van der Waals surface area contributed by atoms with E-state index in [1.165, 1.54) is 16.8 Å². The minimum Gasteiger partial charge on any atom is -0.494 e. The molecule has 6 heterocycles. The Bertz CT molecular complexity index is 2860. The van der Waals surface area contributed by atoms with Gasteiger partial charge < -0.3 is 34.3 Å². The lowest BCUT2D eigenvalue weighted by Crippen LogP contribution is -2.53. The molecule has 3 aromatic heterocycles. The Hall–Kier alpha value is -5.34. The molecule has 6 aromatic rings. The zero-order valence-corrected chi connectivity index (χ0v) is 41.3. The van der Waals surface area contributed by atoms with Crippen LogP contribution >= 0.6 is 23.1 Å². The number of benzene rings is 3. The smallest absolute Gasteiger partial charge is 0.249 e. The number of ether oxygens (including phenoxy) is 1. The number of methoxy groups -OCH3 is 1.